The highest BCUT2D eigenvalue weighted by atomic mass is 16.5. The summed E-state index contributed by atoms with van der Waals surface area (Å²) in [5.41, 5.74) is 7.23. The van der Waals surface area contributed by atoms with Gasteiger partial charge in [0.2, 0.25) is 0 Å². The second-order valence-electron chi connectivity index (χ2n) is 19.7. The standard InChI is InChI=1S/C60H56N4O/c1-58(2,3)44-31-32-61-56(36-44)64-52-26-17-16-25-48(52)49-29-28-47(38-54(49)64)65-46-24-18-23-45(37-46)62-39-63(53-30-27-42(35-55(53)62)40-19-12-10-13-20-40)57-50(59(4,5)6)33-43(34-51(57)60(7,8)9)41-21-14-11-15-22-41/h10-38H,1-9H3/i10D,11D,12D,13D,14D,15D,19D,20D,21D,22D. The molecule has 0 aliphatic heterocycles. The van der Waals surface area contributed by atoms with Crippen LogP contribution in [0.15, 0.2) is 176 Å². The van der Waals surface area contributed by atoms with Crippen LogP contribution in [0, 0.1) is 6.33 Å². The molecule has 3 aromatic heterocycles. The first-order chi connectivity index (χ1) is 35.3. The number of ether oxygens (including phenoxy) is 1. The fraction of sp³-hybridized carbons (Fsp3) is 0.200. The van der Waals surface area contributed by atoms with Crippen molar-refractivity contribution in [3.8, 4) is 50.9 Å². The molecule has 322 valence electrons. The summed E-state index contributed by atoms with van der Waals surface area (Å²) in [5.74, 6) is 1.92. The fourth-order valence-electron chi connectivity index (χ4n) is 8.66. The maximum atomic E-state index is 8.96. The minimum Gasteiger partial charge on any atom is -0.458 e. The summed E-state index contributed by atoms with van der Waals surface area (Å²) in [7, 11) is 0. The second kappa shape index (κ2) is 15.8. The molecule has 0 amide bonds. The first-order valence-electron chi connectivity index (χ1n) is 26.9. The van der Waals surface area contributed by atoms with Crippen molar-refractivity contribution in [3.63, 3.8) is 0 Å². The largest absolute Gasteiger partial charge is 0.458 e. The lowest BCUT2D eigenvalue weighted by Crippen LogP contribution is -2.37. The Morgan fingerprint density at radius 3 is 1.86 bits per heavy atom. The molecule has 0 aliphatic carbocycles. The molecule has 5 heteroatoms. The molecule has 0 saturated carbocycles. The highest BCUT2D eigenvalue weighted by Crippen LogP contribution is 2.41. The van der Waals surface area contributed by atoms with E-state index in [1.807, 2.05) is 88.1 Å². The first-order valence-corrected chi connectivity index (χ1v) is 21.9. The Labute approximate surface area is 397 Å². The minimum absolute atomic E-state index is 0.0566. The van der Waals surface area contributed by atoms with Crippen LogP contribution in [0.5, 0.6) is 11.5 Å². The van der Waals surface area contributed by atoms with Crippen LogP contribution in [0.4, 0.5) is 0 Å². The van der Waals surface area contributed by atoms with Gasteiger partial charge in [0.25, 0.3) is 6.33 Å². The van der Waals surface area contributed by atoms with Crippen molar-refractivity contribution < 1.29 is 23.0 Å². The molecule has 5 nitrogen and oxygen atoms in total. The molecule has 0 fully saturated rings. The van der Waals surface area contributed by atoms with Crippen LogP contribution in [0.3, 0.4) is 0 Å². The maximum absolute atomic E-state index is 8.96. The number of para-hydroxylation sites is 1. The van der Waals surface area contributed by atoms with Crippen molar-refractivity contribution in [2.45, 2.75) is 78.6 Å². The molecule has 10 rings (SSSR count). The Balaban J connectivity index is 1.19. The summed E-state index contributed by atoms with van der Waals surface area (Å²) >= 11 is 0. The van der Waals surface area contributed by atoms with E-state index in [1.165, 1.54) is 0 Å². The third-order valence-corrected chi connectivity index (χ3v) is 12.0. The monoisotopic (exact) mass is 859 g/mol. The van der Waals surface area contributed by atoms with Crippen molar-refractivity contribution in [1.82, 2.24) is 14.1 Å². The summed E-state index contributed by atoms with van der Waals surface area (Å²) in [6.45, 7) is 19.0. The smallest absolute Gasteiger partial charge is 0.269 e. The Morgan fingerprint density at radius 1 is 0.538 bits per heavy atom. The van der Waals surface area contributed by atoms with Crippen molar-refractivity contribution in [3.05, 3.63) is 199 Å². The number of fused-ring (bicyclic) bond motifs is 4. The van der Waals surface area contributed by atoms with Gasteiger partial charge in [0.05, 0.1) is 47.1 Å². The molecule has 0 unspecified atom stereocenters. The Kier molecular flexibility index (Phi) is 7.67. The molecule has 0 bridgehead atoms. The number of hydrogen-bond acceptors (Lipinski definition) is 2. The number of rotatable bonds is 7. The zero-order valence-corrected chi connectivity index (χ0v) is 38.2. The Hall–Kier alpha value is -7.24. The zero-order valence-electron chi connectivity index (χ0n) is 48.2. The van der Waals surface area contributed by atoms with Gasteiger partial charge in [0.15, 0.2) is 0 Å². The van der Waals surface area contributed by atoms with E-state index in [0.29, 0.717) is 39.3 Å². The van der Waals surface area contributed by atoms with Gasteiger partial charge >= 0.3 is 0 Å². The van der Waals surface area contributed by atoms with Crippen LogP contribution in [0.25, 0.3) is 72.3 Å². The van der Waals surface area contributed by atoms with Gasteiger partial charge < -0.3 is 4.74 Å². The van der Waals surface area contributed by atoms with Crippen molar-refractivity contribution in [2.24, 2.45) is 0 Å². The third-order valence-electron chi connectivity index (χ3n) is 12.0. The lowest BCUT2D eigenvalue weighted by molar-refractivity contribution is -0.574. The van der Waals surface area contributed by atoms with Gasteiger partial charge in [-0.1, -0.05) is 171 Å². The van der Waals surface area contributed by atoms with E-state index in [4.69, 9.17) is 23.4 Å². The van der Waals surface area contributed by atoms with E-state index in [-0.39, 0.29) is 40.7 Å². The average Bonchev–Trinajstić information content (AvgIpc) is 3.91. The van der Waals surface area contributed by atoms with Gasteiger partial charge in [-0.25, -0.2) is 4.98 Å². The van der Waals surface area contributed by atoms with Gasteiger partial charge in [-0.05, 0) is 110 Å². The predicted octanol–water partition coefficient (Wildman–Crippen LogP) is 15.2. The molecule has 0 spiro atoms. The third kappa shape index (κ3) is 7.80. The second-order valence-corrected chi connectivity index (χ2v) is 19.7. The minimum atomic E-state index is -0.576. The molecule has 3 heterocycles. The van der Waals surface area contributed by atoms with Gasteiger partial charge in [-0.15, -0.1) is 0 Å². The lowest BCUT2D eigenvalue weighted by atomic mass is 9.76. The van der Waals surface area contributed by atoms with E-state index in [0.717, 1.165) is 50.0 Å². The summed E-state index contributed by atoms with van der Waals surface area (Å²) < 4.78 is 99.3. The van der Waals surface area contributed by atoms with Crippen molar-refractivity contribution in [2.75, 3.05) is 0 Å². The van der Waals surface area contributed by atoms with Gasteiger partial charge in [0.1, 0.15) is 17.3 Å². The number of hydrogen-bond donors (Lipinski definition) is 0. The van der Waals surface area contributed by atoms with E-state index in [1.54, 1.807) is 6.07 Å². The van der Waals surface area contributed by atoms with E-state index in [9.17, 15) is 0 Å². The molecule has 0 aliphatic rings. The lowest BCUT2D eigenvalue weighted by Gasteiger charge is -2.31. The number of aromatic nitrogens is 4. The number of nitrogens with zero attached hydrogens (tertiary/aromatic N) is 4. The molecular formula is C60H56N4O. The number of benzene rings is 7. The number of pyridine rings is 1. The van der Waals surface area contributed by atoms with Crippen LogP contribution < -0.4 is 9.30 Å². The Bertz CT molecular complexity index is 3910. The topological polar surface area (TPSA) is 35.9 Å². The molecule has 0 saturated heterocycles. The molecule has 7 aromatic carbocycles. The van der Waals surface area contributed by atoms with Crippen LogP contribution in [-0.4, -0.2) is 14.1 Å². The fourth-order valence-corrected chi connectivity index (χ4v) is 8.66. The average molecular weight is 859 g/mol. The number of imidazole rings is 1. The Morgan fingerprint density at radius 2 is 1.18 bits per heavy atom. The van der Waals surface area contributed by atoms with Crippen LogP contribution in [0.1, 0.15) is 92.7 Å². The summed E-state index contributed by atoms with van der Waals surface area (Å²) in [6, 6.07) is 31.5. The molecule has 0 N–H and O–H groups in total. The van der Waals surface area contributed by atoms with Crippen LogP contribution >= 0.6 is 0 Å². The van der Waals surface area contributed by atoms with Crippen LogP contribution in [-0.2, 0) is 16.2 Å². The highest BCUT2D eigenvalue weighted by Gasteiger charge is 2.30. The van der Waals surface area contributed by atoms with E-state index >= 15 is 0 Å². The molecule has 10 aromatic rings. The van der Waals surface area contributed by atoms with E-state index < -0.39 is 47.1 Å². The predicted molar refractivity (Wildman–Crippen MR) is 269 cm³/mol. The molecule has 65 heavy (non-hydrogen) atoms. The molecular weight excluding hydrogens is 793 g/mol. The maximum Gasteiger partial charge on any atom is 0.269 e. The van der Waals surface area contributed by atoms with Gasteiger partial charge in [0, 0.05) is 23.0 Å². The molecule has 0 radical (unpaired) electrons. The van der Waals surface area contributed by atoms with Gasteiger partial charge in [-0.3, -0.25) is 13.7 Å². The summed E-state index contributed by atoms with van der Waals surface area (Å²) in [4.78, 5) is 4.85. The van der Waals surface area contributed by atoms with Crippen molar-refractivity contribution in [1.29, 1.82) is 0 Å². The quantitative estimate of drug-likeness (QED) is 0.118. The SMILES string of the molecule is [2H]c1c([2H])c([2H])c(-c2cc(C(C)(C)C)c(-[n+]3[c-]n(-c4cccc(Oc5ccc6c7ccccc7n(-c7cc(C(C)(C)C)ccn7)c6c5)c4)c4cc(-c5c([2H])c([2H])c([2H])c([2H])c5[2H])ccc43)c(C(C)(C)C)c2)c([2H])c1[2H]. The zero-order chi connectivity index (χ0) is 54.0. The van der Waals surface area contributed by atoms with Gasteiger partial charge in [-0.2, -0.15) is 0 Å². The summed E-state index contributed by atoms with van der Waals surface area (Å²) in [6.07, 6.45) is 5.53. The first kappa shape index (κ1) is 31.6. The van der Waals surface area contributed by atoms with Crippen molar-refractivity contribution >= 4 is 32.8 Å². The summed E-state index contributed by atoms with van der Waals surface area (Å²) in [5, 5.41) is 2.14. The van der Waals surface area contributed by atoms with Crippen LogP contribution in [0.2, 0.25) is 0 Å². The normalized spacial score (nSPS) is 14.5. The van der Waals surface area contributed by atoms with E-state index in [2.05, 4.69) is 104 Å². The highest BCUT2D eigenvalue weighted by molar-refractivity contribution is 6.09. The molecule has 0 atom stereocenters.